The Labute approximate surface area is 155 Å². The number of benzene rings is 2. The highest BCUT2D eigenvalue weighted by Gasteiger charge is 2.20. The number of hydrogen-bond acceptors (Lipinski definition) is 4. The van der Waals surface area contributed by atoms with Crippen molar-refractivity contribution in [2.24, 2.45) is 0 Å². The molecular formula is C20H23NO4S. The summed E-state index contributed by atoms with van der Waals surface area (Å²) in [6, 6.07) is 13.5. The van der Waals surface area contributed by atoms with Crippen LogP contribution < -0.4 is 9.46 Å². The first kappa shape index (κ1) is 19.8. The van der Waals surface area contributed by atoms with Crippen LogP contribution in [0.3, 0.4) is 0 Å². The highest BCUT2D eigenvalue weighted by molar-refractivity contribution is 7.89. The first-order chi connectivity index (χ1) is 12.4. The predicted molar refractivity (Wildman–Crippen MR) is 102 cm³/mol. The van der Waals surface area contributed by atoms with E-state index in [1.165, 1.54) is 7.11 Å². The molecule has 0 spiro atoms. The summed E-state index contributed by atoms with van der Waals surface area (Å²) in [7, 11) is -0.551. The zero-order valence-corrected chi connectivity index (χ0v) is 16.1. The van der Waals surface area contributed by atoms with Crippen molar-refractivity contribution < 1.29 is 17.9 Å². The van der Waals surface area contributed by atoms with Gasteiger partial charge in [0.05, 0.1) is 25.2 Å². The lowest BCUT2D eigenvalue weighted by molar-refractivity contribution is 0.265. The maximum atomic E-state index is 12.5. The molecule has 138 valence electrons. The summed E-state index contributed by atoms with van der Waals surface area (Å²) in [4.78, 5) is 0.213. The zero-order chi connectivity index (χ0) is 19.2. The molecule has 0 bridgehead atoms. The number of hydrogen-bond donors (Lipinski definition) is 1. The Kier molecular flexibility index (Phi) is 6.64. The van der Waals surface area contributed by atoms with Gasteiger partial charge in [-0.1, -0.05) is 35.6 Å². The molecule has 0 radical (unpaired) electrons. The van der Waals surface area contributed by atoms with Crippen molar-refractivity contribution in [3.05, 3.63) is 71.1 Å². The largest absolute Gasteiger partial charge is 0.497 e. The minimum Gasteiger partial charge on any atom is -0.497 e. The van der Waals surface area contributed by atoms with Crippen LogP contribution in [0.15, 0.2) is 64.9 Å². The van der Waals surface area contributed by atoms with Crippen LogP contribution in [0, 0.1) is 6.92 Å². The SMILES string of the molecule is COC(=C=Cc1ccc(OC)cc1)C(C)NS(=O)(=O)c1ccc(C)cc1. The fourth-order valence-electron chi connectivity index (χ4n) is 2.29. The van der Waals surface area contributed by atoms with Gasteiger partial charge in [0, 0.05) is 0 Å². The van der Waals surface area contributed by atoms with Crippen LogP contribution in [-0.4, -0.2) is 28.7 Å². The number of rotatable bonds is 7. The molecule has 1 unspecified atom stereocenters. The Hall–Kier alpha value is -2.53. The second kappa shape index (κ2) is 8.72. The normalized spacial score (nSPS) is 12.0. The van der Waals surface area contributed by atoms with E-state index in [0.717, 1.165) is 16.9 Å². The van der Waals surface area contributed by atoms with E-state index in [1.54, 1.807) is 44.4 Å². The van der Waals surface area contributed by atoms with Gasteiger partial charge < -0.3 is 9.47 Å². The Balaban J connectivity index is 2.20. The van der Waals surface area contributed by atoms with Gasteiger partial charge in [0.25, 0.3) is 0 Å². The van der Waals surface area contributed by atoms with E-state index < -0.39 is 16.1 Å². The van der Waals surface area contributed by atoms with Crippen molar-refractivity contribution in [1.82, 2.24) is 4.72 Å². The molecule has 0 aliphatic heterocycles. The monoisotopic (exact) mass is 373 g/mol. The van der Waals surface area contributed by atoms with Gasteiger partial charge in [0.1, 0.15) is 5.75 Å². The number of nitrogens with one attached hydrogen (secondary N) is 1. The van der Waals surface area contributed by atoms with Gasteiger partial charge in [0.2, 0.25) is 10.0 Å². The number of ether oxygens (including phenoxy) is 2. The summed E-state index contributed by atoms with van der Waals surface area (Å²) in [5.41, 5.74) is 4.90. The molecule has 1 atom stereocenters. The summed E-state index contributed by atoms with van der Waals surface area (Å²) in [6.07, 6.45) is 1.73. The first-order valence-electron chi connectivity index (χ1n) is 8.09. The van der Waals surface area contributed by atoms with Crippen LogP contribution in [-0.2, 0) is 14.8 Å². The van der Waals surface area contributed by atoms with Crippen LogP contribution in [0.4, 0.5) is 0 Å². The Bertz CT molecular complexity index is 894. The number of aryl methyl sites for hydroxylation is 1. The molecule has 0 amide bonds. The second-order valence-electron chi connectivity index (χ2n) is 5.79. The van der Waals surface area contributed by atoms with Crippen molar-refractivity contribution in [2.45, 2.75) is 24.8 Å². The van der Waals surface area contributed by atoms with Crippen molar-refractivity contribution in [2.75, 3.05) is 14.2 Å². The third kappa shape index (κ3) is 5.23. The molecule has 2 aromatic carbocycles. The molecule has 2 aromatic rings. The molecule has 0 saturated heterocycles. The average Bonchev–Trinajstić information content (AvgIpc) is 2.62. The Morgan fingerprint density at radius 1 is 1.08 bits per heavy atom. The van der Waals surface area contributed by atoms with Crippen molar-refractivity contribution in [3.8, 4) is 5.75 Å². The first-order valence-corrected chi connectivity index (χ1v) is 9.57. The molecule has 0 fully saturated rings. The maximum absolute atomic E-state index is 12.5. The van der Waals surface area contributed by atoms with Gasteiger partial charge in [-0.15, -0.1) is 0 Å². The summed E-state index contributed by atoms with van der Waals surface area (Å²) < 4.78 is 38.0. The van der Waals surface area contributed by atoms with Crippen LogP contribution in [0.25, 0.3) is 6.08 Å². The standard InChI is InChI=1S/C20H23NO4S/c1-15-5-12-19(13-6-15)26(22,23)21-16(2)20(25-4)14-9-17-7-10-18(24-3)11-8-17/h5-13,16,21H,1-4H3. The van der Waals surface area contributed by atoms with Crippen LogP contribution in [0.1, 0.15) is 18.1 Å². The number of sulfonamides is 1. The third-order valence-electron chi connectivity index (χ3n) is 3.77. The minimum absolute atomic E-state index is 0.213. The van der Waals surface area contributed by atoms with Crippen LogP contribution >= 0.6 is 0 Å². The molecular weight excluding hydrogens is 350 g/mol. The van der Waals surface area contributed by atoms with E-state index in [2.05, 4.69) is 10.5 Å². The topological polar surface area (TPSA) is 64.6 Å². The number of methoxy groups -OCH3 is 2. The summed E-state index contributed by atoms with van der Waals surface area (Å²) in [5.74, 6) is 1.15. The molecule has 6 heteroatoms. The molecule has 26 heavy (non-hydrogen) atoms. The van der Waals surface area contributed by atoms with Crippen LogP contribution in [0.2, 0.25) is 0 Å². The van der Waals surface area contributed by atoms with E-state index in [4.69, 9.17) is 9.47 Å². The molecule has 0 aromatic heterocycles. The van der Waals surface area contributed by atoms with E-state index in [9.17, 15) is 8.42 Å². The van der Waals surface area contributed by atoms with E-state index >= 15 is 0 Å². The molecule has 0 heterocycles. The van der Waals surface area contributed by atoms with Crippen molar-refractivity contribution in [1.29, 1.82) is 0 Å². The van der Waals surface area contributed by atoms with Gasteiger partial charge in [-0.05, 0) is 49.8 Å². The lowest BCUT2D eigenvalue weighted by Gasteiger charge is -2.15. The molecule has 0 aliphatic rings. The Morgan fingerprint density at radius 3 is 2.23 bits per heavy atom. The van der Waals surface area contributed by atoms with Gasteiger partial charge in [0.15, 0.2) is 5.76 Å². The van der Waals surface area contributed by atoms with Gasteiger partial charge in [-0.3, -0.25) is 0 Å². The van der Waals surface area contributed by atoms with Gasteiger partial charge in [-0.25, -0.2) is 13.1 Å². The predicted octanol–water partition coefficient (Wildman–Crippen LogP) is 3.51. The van der Waals surface area contributed by atoms with E-state index in [1.807, 2.05) is 31.2 Å². The summed E-state index contributed by atoms with van der Waals surface area (Å²) in [5, 5.41) is 0. The zero-order valence-electron chi connectivity index (χ0n) is 15.3. The molecule has 0 aliphatic carbocycles. The van der Waals surface area contributed by atoms with Crippen molar-refractivity contribution >= 4 is 16.1 Å². The molecule has 2 rings (SSSR count). The van der Waals surface area contributed by atoms with E-state index in [-0.39, 0.29) is 4.90 Å². The second-order valence-corrected chi connectivity index (χ2v) is 7.50. The quantitative estimate of drug-likeness (QED) is 0.596. The Morgan fingerprint density at radius 2 is 1.69 bits per heavy atom. The lowest BCUT2D eigenvalue weighted by atomic mass is 10.2. The highest BCUT2D eigenvalue weighted by atomic mass is 32.2. The molecule has 5 nitrogen and oxygen atoms in total. The van der Waals surface area contributed by atoms with Crippen LogP contribution in [0.5, 0.6) is 5.75 Å². The van der Waals surface area contributed by atoms with Crippen molar-refractivity contribution in [3.63, 3.8) is 0 Å². The summed E-state index contributed by atoms with van der Waals surface area (Å²) >= 11 is 0. The lowest BCUT2D eigenvalue weighted by Crippen LogP contribution is -2.34. The smallest absolute Gasteiger partial charge is 0.241 e. The highest BCUT2D eigenvalue weighted by Crippen LogP contribution is 2.14. The minimum atomic E-state index is -3.64. The van der Waals surface area contributed by atoms with E-state index in [0.29, 0.717) is 5.76 Å². The average molecular weight is 373 g/mol. The fraction of sp³-hybridized carbons (Fsp3) is 0.250. The maximum Gasteiger partial charge on any atom is 0.241 e. The fourth-order valence-corrected chi connectivity index (χ4v) is 3.49. The third-order valence-corrected chi connectivity index (χ3v) is 5.33. The van der Waals surface area contributed by atoms with Gasteiger partial charge >= 0.3 is 0 Å². The molecule has 1 N–H and O–H groups in total. The molecule has 0 saturated carbocycles. The van der Waals surface area contributed by atoms with Gasteiger partial charge in [-0.2, -0.15) is 0 Å². The summed E-state index contributed by atoms with van der Waals surface area (Å²) in [6.45, 7) is 3.61.